The van der Waals surface area contributed by atoms with Gasteiger partial charge in [-0.25, -0.2) is 9.59 Å². The fourth-order valence-electron chi connectivity index (χ4n) is 4.08. The summed E-state index contributed by atoms with van der Waals surface area (Å²) in [7, 11) is 1.32. The van der Waals surface area contributed by atoms with E-state index < -0.39 is 11.7 Å². The summed E-state index contributed by atoms with van der Waals surface area (Å²) >= 11 is 0. The molecule has 0 unspecified atom stereocenters. The predicted molar refractivity (Wildman–Crippen MR) is 136 cm³/mol. The van der Waals surface area contributed by atoms with Crippen molar-refractivity contribution in [1.82, 2.24) is 9.13 Å². The lowest BCUT2D eigenvalue weighted by atomic mass is 9.92. The van der Waals surface area contributed by atoms with Crippen LogP contribution in [0.15, 0.2) is 112 Å². The largest absolute Gasteiger partial charge is 0.466 e. The number of esters is 1. The third kappa shape index (κ3) is 5.22. The van der Waals surface area contributed by atoms with Gasteiger partial charge < -0.3 is 4.74 Å². The maximum Gasteiger partial charge on any atom is 0.336 e. The summed E-state index contributed by atoms with van der Waals surface area (Å²) in [4.78, 5) is 39.3. The van der Waals surface area contributed by atoms with Crippen molar-refractivity contribution in [1.29, 1.82) is 0 Å². The third-order valence-electron chi connectivity index (χ3n) is 5.84. The van der Waals surface area contributed by atoms with Crippen LogP contribution in [-0.2, 0) is 22.6 Å². The van der Waals surface area contributed by atoms with Crippen LogP contribution in [0.1, 0.15) is 22.4 Å². The Bertz CT molecular complexity index is 1430. The molecule has 176 valence electrons. The predicted octanol–water partition coefficient (Wildman–Crippen LogP) is 4.04. The van der Waals surface area contributed by atoms with Gasteiger partial charge in [-0.2, -0.15) is 0 Å². The van der Waals surface area contributed by atoms with Gasteiger partial charge in [0.05, 0.1) is 25.8 Å². The van der Waals surface area contributed by atoms with Crippen molar-refractivity contribution in [3.8, 4) is 0 Å². The van der Waals surface area contributed by atoms with Crippen LogP contribution < -0.4 is 11.2 Å². The van der Waals surface area contributed by atoms with Gasteiger partial charge in [0, 0.05) is 17.3 Å². The van der Waals surface area contributed by atoms with E-state index in [1.807, 2.05) is 91.0 Å². The normalized spacial score (nSPS) is 10.6. The van der Waals surface area contributed by atoms with Crippen LogP contribution in [0, 0.1) is 6.92 Å². The van der Waals surface area contributed by atoms with Crippen molar-refractivity contribution in [2.75, 3.05) is 7.11 Å². The van der Waals surface area contributed by atoms with E-state index in [0.717, 1.165) is 16.7 Å². The lowest BCUT2D eigenvalue weighted by Gasteiger charge is -2.18. The van der Waals surface area contributed by atoms with Crippen molar-refractivity contribution >= 4 is 11.5 Å². The van der Waals surface area contributed by atoms with Crippen LogP contribution >= 0.6 is 0 Å². The standard InChI is InChI=1S/C29H26N2O4/c1-21-18-26(32)31(19-22-12-6-3-7-13-22)29(34)30(21)20-25(28(33)35-2)27(23-14-8-4-9-15-23)24-16-10-5-11-17-24/h3-18H,19-20H2,1-2H3. The minimum Gasteiger partial charge on any atom is -0.466 e. The molecule has 3 aromatic carbocycles. The molecule has 1 aromatic heterocycles. The number of nitrogens with zero attached hydrogens (tertiary/aromatic N) is 2. The molecule has 0 bridgehead atoms. The summed E-state index contributed by atoms with van der Waals surface area (Å²) in [5, 5.41) is 0. The van der Waals surface area contributed by atoms with E-state index in [1.165, 1.54) is 22.3 Å². The number of hydrogen-bond acceptors (Lipinski definition) is 4. The lowest BCUT2D eigenvalue weighted by Crippen LogP contribution is -2.41. The van der Waals surface area contributed by atoms with Crippen molar-refractivity contribution < 1.29 is 9.53 Å². The Morgan fingerprint density at radius 3 is 1.80 bits per heavy atom. The maximum atomic E-state index is 13.5. The van der Waals surface area contributed by atoms with Crippen LogP contribution in [-0.4, -0.2) is 22.2 Å². The average molecular weight is 467 g/mol. The summed E-state index contributed by atoms with van der Waals surface area (Å²) < 4.78 is 7.79. The first kappa shape index (κ1) is 23.7. The van der Waals surface area contributed by atoms with Gasteiger partial charge in [0.15, 0.2) is 0 Å². The molecular formula is C29H26N2O4. The molecule has 0 saturated carbocycles. The Morgan fingerprint density at radius 1 is 0.771 bits per heavy atom. The zero-order valence-electron chi connectivity index (χ0n) is 19.7. The summed E-state index contributed by atoms with van der Waals surface area (Å²) in [6.07, 6.45) is 0. The Morgan fingerprint density at radius 2 is 1.29 bits per heavy atom. The molecule has 0 aliphatic carbocycles. The fraction of sp³-hybridized carbons (Fsp3) is 0.138. The van der Waals surface area contributed by atoms with E-state index in [9.17, 15) is 14.4 Å². The first-order chi connectivity index (χ1) is 17.0. The van der Waals surface area contributed by atoms with Gasteiger partial charge in [-0.3, -0.25) is 13.9 Å². The van der Waals surface area contributed by atoms with Crippen LogP contribution in [0.2, 0.25) is 0 Å². The van der Waals surface area contributed by atoms with Gasteiger partial charge in [0.2, 0.25) is 0 Å². The topological polar surface area (TPSA) is 70.3 Å². The smallest absolute Gasteiger partial charge is 0.336 e. The molecule has 0 fully saturated rings. The van der Waals surface area contributed by atoms with Gasteiger partial charge in [-0.15, -0.1) is 0 Å². The Kier molecular flexibility index (Phi) is 7.21. The molecular weight excluding hydrogens is 440 g/mol. The Hall–Kier alpha value is -4.45. The third-order valence-corrected chi connectivity index (χ3v) is 5.84. The van der Waals surface area contributed by atoms with Crippen LogP contribution in [0.3, 0.4) is 0 Å². The summed E-state index contributed by atoms with van der Waals surface area (Å²) in [5.74, 6) is -0.542. The van der Waals surface area contributed by atoms with Crippen LogP contribution in [0.25, 0.3) is 5.57 Å². The van der Waals surface area contributed by atoms with E-state index >= 15 is 0 Å². The lowest BCUT2D eigenvalue weighted by molar-refractivity contribution is -0.136. The van der Waals surface area contributed by atoms with Crippen molar-refractivity contribution in [2.45, 2.75) is 20.0 Å². The molecule has 0 aliphatic rings. The maximum absolute atomic E-state index is 13.5. The quantitative estimate of drug-likeness (QED) is 0.304. The second-order valence-electron chi connectivity index (χ2n) is 8.14. The van der Waals surface area contributed by atoms with Gasteiger partial charge in [0.25, 0.3) is 5.56 Å². The molecule has 6 nitrogen and oxygen atoms in total. The van der Waals surface area contributed by atoms with Crippen LogP contribution in [0.5, 0.6) is 0 Å². The van der Waals surface area contributed by atoms with Gasteiger partial charge in [0.1, 0.15) is 0 Å². The number of ether oxygens (including phenoxy) is 1. The molecule has 35 heavy (non-hydrogen) atoms. The first-order valence-corrected chi connectivity index (χ1v) is 11.3. The Balaban J connectivity index is 1.92. The second kappa shape index (κ2) is 10.7. The molecule has 0 aliphatic heterocycles. The number of rotatable bonds is 7. The molecule has 6 heteroatoms. The molecule has 0 radical (unpaired) electrons. The number of hydrogen-bond donors (Lipinski definition) is 0. The summed E-state index contributed by atoms with van der Waals surface area (Å²) in [6.45, 7) is 1.78. The molecule has 4 rings (SSSR count). The molecule has 1 heterocycles. The number of methoxy groups -OCH3 is 1. The molecule has 0 atom stereocenters. The Labute approximate surface area is 203 Å². The molecule has 0 amide bonds. The molecule has 0 spiro atoms. The summed E-state index contributed by atoms with van der Waals surface area (Å²) in [5.41, 5.74) is 3.06. The number of benzene rings is 3. The highest BCUT2D eigenvalue weighted by Gasteiger charge is 2.22. The fourth-order valence-corrected chi connectivity index (χ4v) is 4.08. The van der Waals surface area contributed by atoms with E-state index in [4.69, 9.17) is 4.74 Å². The number of carbonyl (C=O) groups is 1. The number of carbonyl (C=O) groups excluding carboxylic acids is 1. The SMILES string of the molecule is COC(=O)C(Cn1c(C)cc(=O)n(Cc2ccccc2)c1=O)=C(c1ccccc1)c1ccccc1. The minimum atomic E-state index is -0.542. The van der Waals surface area contributed by atoms with E-state index in [1.54, 1.807) is 6.92 Å². The van der Waals surface area contributed by atoms with Gasteiger partial charge in [-0.05, 0) is 23.6 Å². The highest BCUT2D eigenvalue weighted by Crippen LogP contribution is 2.28. The van der Waals surface area contributed by atoms with E-state index in [2.05, 4.69) is 0 Å². The van der Waals surface area contributed by atoms with E-state index in [0.29, 0.717) is 16.8 Å². The minimum absolute atomic E-state index is 0.0501. The molecule has 0 saturated heterocycles. The van der Waals surface area contributed by atoms with Crippen molar-refractivity contribution in [2.24, 2.45) is 0 Å². The second-order valence-corrected chi connectivity index (χ2v) is 8.14. The monoisotopic (exact) mass is 466 g/mol. The highest BCUT2D eigenvalue weighted by molar-refractivity contribution is 6.01. The average Bonchev–Trinajstić information content (AvgIpc) is 2.89. The van der Waals surface area contributed by atoms with Crippen LogP contribution in [0.4, 0.5) is 0 Å². The highest BCUT2D eigenvalue weighted by atomic mass is 16.5. The molecule has 0 N–H and O–H groups in total. The number of aromatic nitrogens is 2. The summed E-state index contributed by atoms with van der Waals surface area (Å²) in [6, 6.07) is 29.8. The van der Waals surface area contributed by atoms with Gasteiger partial charge >= 0.3 is 11.7 Å². The van der Waals surface area contributed by atoms with Gasteiger partial charge in [-0.1, -0.05) is 91.0 Å². The van der Waals surface area contributed by atoms with E-state index in [-0.39, 0.29) is 18.6 Å². The zero-order valence-corrected chi connectivity index (χ0v) is 19.7. The first-order valence-electron chi connectivity index (χ1n) is 11.3. The zero-order chi connectivity index (χ0) is 24.8. The van der Waals surface area contributed by atoms with Crippen molar-refractivity contribution in [3.05, 3.63) is 146 Å². The number of aryl methyl sites for hydroxylation is 1. The molecule has 4 aromatic rings. The van der Waals surface area contributed by atoms with Crippen molar-refractivity contribution in [3.63, 3.8) is 0 Å².